The first-order valence-corrected chi connectivity index (χ1v) is 7.95. The predicted octanol–water partition coefficient (Wildman–Crippen LogP) is 5.54. The van der Waals surface area contributed by atoms with Crippen molar-refractivity contribution in [3.05, 3.63) is 39.8 Å². The number of thioether (sulfide) groups is 1. The maximum Gasteiger partial charge on any atom is 0.446 e. The minimum absolute atomic E-state index is 0.0915. The lowest BCUT2D eigenvalue weighted by Crippen LogP contribution is -2.08. The van der Waals surface area contributed by atoms with Crippen LogP contribution in [0, 0.1) is 13.8 Å². The Kier molecular flexibility index (Phi) is 4.83. The van der Waals surface area contributed by atoms with Crippen LogP contribution in [-0.4, -0.2) is 10.5 Å². The molecule has 0 radical (unpaired) electrons. The van der Waals surface area contributed by atoms with Crippen molar-refractivity contribution in [3.8, 4) is 0 Å². The molecule has 1 unspecified atom stereocenters. The molecule has 0 fully saturated rings. The summed E-state index contributed by atoms with van der Waals surface area (Å²) in [6, 6.07) is 6.36. The number of para-hydroxylation sites is 1. The lowest BCUT2D eigenvalue weighted by atomic mass is 10.2. The lowest BCUT2D eigenvalue weighted by molar-refractivity contribution is -0.0327. The third-order valence-electron chi connectivity index (χ3n) is 2.82. The lowest BCUT2D eigenvalue weighted by Gasteiger charge is -2.18. The molecular weight excluding hydrogens is 317 g/mol. The van der Waals surface area contributed by atoms with E-state index < -0.39 is 5.51 Å². The zero-order valence-corrected chi connectivity index (χ0v) is 13.4. The van der Waals surface area contributed by atoms with Gasteiger partial charge in [-0.2, -0.15) is 13.2 Å². The fourth-order valence-corrected chi connectivity index (χ4v) is 3.61. The van der Waals surface area contributed by atoms with Gasteiger partial charge in [-0.1, -0.05) is 12.1 Å². The van der Waals surface area contributed by atoms with E-state index in [0.29, 0.717) is 5.69 Å². The van der Waals surface area contributed by atoms with E-state index in [4.69, 9.17) is 0 Å². The number of hydrogen-bond acceptors (Lipinski definition) is 4. The molecule has 1 aromatic heterocycles. The Balaban J connectivity index is 2.21. The second kappa shape index (κ2) is 6.27. The van der Waals surface area contributed by atoms with Crippen LogP contribution in [0.5, 0.6) is 0 Å². The monoisotopic (exact) mass is 332 g/mol. The molecular formula is C14H15F3N2S2. The molecule has 1 atom stereocenters. The summed E-state index contributed by atoms with van der Waals surface area (Å²) in [5.41, 5.74) is -2.89. The molecule has 0 spiro atoms. The molecule has 2 aromatic rings. The van der Waals surface area contributed by atoms with E-state index in [2.05, 4.69) is 10.3 Å². The number of aryl methyl sites for hydroxylation is 2. The molecule has 114 valence electrons. The van der Waals surface area contributed by atoms with Gasteiger partial charge >= 0.3 is 5.51 Å². The molecule has 0 saturated carbocycles. The summed E-state index contributed by atoms with van der Waals surface area (Å²) in [6.45, 7) is 5.75. The molecule has 21 heavy (non-hydrogen) atoms. The standard InChI is InChI=1S/C14H15F3N2S2/c1-8-13(20-10(3)18-8)9(2)19-11-6-4-5-7-12(11)21-14(15,16)17/h4-7,9,19H,1-3H3. The highest BCUT2D eigenvalue weighted by Gasteiger charge is 2.30. The fraction of sp³-hybridized carbons (Fsp3) is 0.357. The zero-order chi connectivity index (χ0) is 15.6. The number of rotatable bonds is 4. The third-order valence-corrected chi connectivity index (χ3v) is 4.88. The highest BCUT2D eigenvalue weighted by atomic mass is 32.2. The Labute approximate surface area is 129 Å². The van der Waals surface area contributed by atoms with Crippen LogP contribution >= 0.6 is 23.1 Å². The largest absolute Gasteiger partial charge is 0.446 e. The molecule has 1 aromatic carbocycles. The van der Waals surface area contributed by atoms with Crippen LogP contribution in [0.25, 0.3) is 0 Å². The van der Waals surface area contributed by atoms with E-state index in [1.807, 2.05) is 20.8 Å². The van der Waals surface area contributed by atoms with Crippen molar-refractivity contribution in [1.82, 2.24) is 4.98 Å². The maximum atomic E-state index is 12.6. The number of halogens is 3. The Morgan fingerprint density at radius 2 is 1.90 bits per heavy atom. The molecule has 0 aliphatic heterocycles. The van der Waals surface area contributed by atoms with Gasteiger partial charge in [0, 0.05) is 15.5 Å². The summed E-state index contributed by atoms with van der Waals surface area (Å²) in [4.78, 5) is 5.57. The normalized spacial score (nSPS) is 13.2. The Morgan fingerprint density at radius 3 is 2.48 bits per heavy atom. The van der Waals surface area contributed by atoms with Gasteiger partial charge in [0.2, 0.25) is 0 Å². The number of alkyl halides is 3. The summed E-state index contributed by atoms with van der Waals surface area (Å²) in [7, 11) is 0. The van der Waals surface area contributed by atoms with Crippen molar-refractivity contribution < 1.29 is 13.2 Å². The first kappa shape index (κ1) is 16.2. The number of anilines is 1. The van der Waals surface area contributed by atoms with Gasteiger partial charge in [0.05, 0.1) is 16.7 Å². The van der Waals surface area contributed by atoms with Crippen LogP contribution in [0.3, 0.4) is 0 Å². The van der Waals surface area contributed by atoms with Crippen molar-refractivity contribution in [2.75, 3.05) is 5.32 Å². The van der Waals surface area contributed by atoms with Crippen molar-refractivity contribution in [3.63, 3.8) is 0 Å². The quantitative estimate of drug-likeness (QED) is 0.744. The summed E-state index contributed by atoms with van der Waals surface area (Å²) < 4.78 is 37.7. The van der Waals surface area contributed by atoms with Gasteiger partial charge in [0.25, 0.3) is 0 Å². The zero-order valence-electron chi connectivity index (χ0n) is 11.8. The topological polar surface area (TPSA) is 24.9 Å². The smallest absolute Gasteiger partial charge is 0.377 e. The SMILES string of the molecule is Cc1nc(C)c(C(C)Nc2ccccc2SC(F)(F)F)s1. The Morgan fingerprint density at radius 1 is 1.24 bits per heavy atom. The minimum Gasteiger partial charge on any atom is -0.377 e. The van der Waals surface area contributed by atoms with Gasteiger partial charge in [-0.05, 0) is 44.7 Å². The number of benzene rings is 1. The van der Waals surface area contributed by atoms with Crippen molar-refractivity contribution in [1.29, 1.82) is 0 Å². The average Bonchev–Trinajstić information content (AvgIpc) is 2.69. The van der Waals surface area contributed by atoms with E-state index in [-0.39, 0.29) is 22.7 Å². The third kappa shape index (κ3) is 4.38. The number of thiazole rings is 1. The van der Waals surface area contributed by atoms with Crippen molar-refractivity contribution in [2.24, 2.45) is 0 Å². The Bertz CT molecular complexity index is 623. The molecule has 0 saturated heterocycles. The van der Waals surface area contributed by atoms with Crippen LogP contribution in [0.4, 0.5) is 18.9 Å². The van der Waals surface area contributed by atoms with Gasteiger partial charge in [-0.15, -0.1) is 11.3 Å². The minimum atomic E-state index is -4.29. The maximum absolute atomic E-state index is 12.6. The second-order valence-corrected chi connectivity index (χ2v) is 6.93. The van der Waals surface area contributed by atoms with Gasteiger partial charge in [-0.3, -0.25) is 0 Å². The number of nitrogens with one attached hydrogen (secondary N) is 1. The van der Waals surface area contributed by atoms with Crippen LogP contribution < -0.4 is 5.32 Å². The molecule has 0 aliphatic rings. The number of hydrogen-bond donors (Lipinski definition) is 1. The van der Waals surface area contributed by atoms with Gasteiger partial charge in [0.15, 0.2) is 0 Å². The molecule has 0 aliphatic carbocycles. The molecule has 0 bridgehead atoms. The van der Waals surface area contributed by atoms with E-state index >= 15 is 0 Å². The van der Waals surface area contributed by atoms with Crippen LogP contribution in [0.15, 0.2) is 29.2 Å². The van der Waals surface area contributed by atoms with E-state index in [0.717, 1.165) is 15.6 Å². The van der Waals surface area contributed by atoms with Crippen LogP contribution in [-0.2, 0) is 0 Å². The highest BCUT2D eigenvalue weighted by molar-refractivity contribution is 8.00. The van der Waals surface area contributed by atoms with E-state index in [1.165, 1.54) is 6.07 Å². The summed E-state index contributed by atoms with van der Waals surface area (Å²) in [5, 5.41) is 4.11. The average molecular weight is 332 g/mol. The molecule has 7 heteroatoms. The Hall–Kier alpha value is -1.21. The molecule has 1 N–H and O–H groups in total. The highest BCUT2D eigenvalue weighted by Crippen LogP contribution is 2.41. The van der Waals surface area contributed by atoms with Gasteiger partial charge in [-0.25, -0.2) is 4.98 Å². The number of nitrogens with zero attached hydrogens (tertiary/aromatic N) is 1. The summed E-state index contributed by atoms with van der Waals surface area (Å²) in [5.74, 6) is 0. The molecule has 1 heterocycles. The molecule has 2 nitrogen and oxygen atoms in total. The van der Waals surface area contributed by atoms with E-state index in [1.54, 1.807) is 29.5 Å². The molecule has 0 amide bonds. The first-order valence-electron chi connectivity index (χ1n) is 6.31. The van der Waals surface area contributed by atoms with Gasteiger partial charge in [0.1, 0.15) is 0 Å². The van der Waals surface area contributed by atoms with Gasteiger partial charge < -0.3 is 5.32 Å². The predicted molar refractivity (Wildman–Crippen MR) is 82.0 cm³/mol. The van der Waals surface area contributed by atoms with Crippen molar-refractivity contribution >= 4 is 28.8 Å². The second-order valence-electron chi connectivity index (χ2n) is 4.59. The van der Waals surface area contributed by atoms with E-state index in [9.17, 15) is 13.2 Å². The molecule has 2 rings (SSSR count). The van der Waals surface area contributed by atoms with Crippen molar-refractivity contribution in [2.45, 2.75) is 37.2 Å². The van der Waals surface area contributed by atoms with Crippen LogP contribution in [0.2, 0.25) is 0 Å². The fourth-order valence-electron chi connectivity index (χ4n) is 2.05. The van der Waals surface area contributed by atoms with Crippen LogP contribution in [0.1, 0.15) is 28.5 Å². The summed E-state index contributed by atoms with van der Waals surface area (Å²) in [6.07, 6.45) is 0. The first-order chi connectivity index (χ1) is 9.76. The summed E-state index contributed by atoms with van der Waals surface area (Å²) >= 11 is 1.46. The number of aromatic nitrogens is 1.